The van der Waals surface area contributed by atoms with E-state index in [0.29, 0.717) is 11.5 Å². The van der Waals surface area contributed by atoms with Gasteiger partial charge in [-0.15, -0.1) is 0 Å². The minimum absolute atomic E-state index is 0.0819. The minimum Gasteiger partial charge on any atom is -0.508 e. The van der Waals surface area contributed by atoms with E-state index < -0.39 is 0 Å². The Morgan fingerprint density at radius 1 is 1.22 bits per heavy atom. The zero-order valence-electron chi connectivity index (χ0n) is 14.6. The molecule has 1 aromatic rings. The average Bonchev–Trinajstić information content (AvgIpc) is 2.46. The fourth-order valence-electron chi connectivity index (χ4n) is 3.79. The largest absolute Gasteiger partial charge is 0.508 e. The molecule has 1 aromatic carbocycles. The van der Waals surface area contributed by atoms with E-state index in [1.165, 1.54) is 18.4 Å². The lowest BCUT2D eigenvalue weighted by molar-refractivity contribution is 0.365. The number of rotatable bonds is 6. The van der Waals surface area contributed by atoms with Gasteiger partial charge in [-0.3, -0.25) is 0 Å². The second-order valence-electron chi connectivity index (χ2n) is 7.06. The molecule has 2 N–H and O–H groups in total. The van der Waals surface area contributed by atoms with Crippen LogP contribution in [0.4, 0.5) is 0 Å². The van der Waals surface area contributed by atoms with Crippen LogP contribution in [0.1, 0.15) is 69.4 Å². The Kier molecular flexibility index (Phi) is 5.92. The first-order valence-corrected chi connectivity index (χ1v) is 8.80. The van der Waals surface area contributed by atoms with Gasteiger partial charge in [0.1, 0.15) is 11.5 Å². The molecular formula is C21H30O2. The van der Waals surface area contributed by atoms with Crippen molar-refractivity contribution in [2.45, 2.75) is 64.7 Å². The van der Waals surface area contributed by atoms with Crippen molar-refractivity contribution in [3.8, 4) is 11.5 Å². The SMILES string of the molecule is C=C1CC[C@@H](C(=C)C)[C@H](c2c(O)cc(CCCCC)cc2O)C1. The summed E-state index contributed by atoms with van der Waals surface area (Å²) < 4.78 is 0. The van der Waals surface area contributed by atoms with Crippen molar-refractivity contribution in [2.24, 2.45) is 5.92 Å². The molecule has 1 aliphatic carbocycles. The van der Waals surface area contributed by atoms with Gasteiger partial charge >= 0.3 is 0 Å². The van der Waals surface area contributed by atoms with Crippen LogP contribution in [-0.4, -0.2) is 10.2 Å². The van der Waals surface area contributed by atoms with Crippen LogP contribution in [0.15, 0.2) is 36.4 Å². The van der Waals surface area contributed by atoms with E-state index in [1.54, 1.807) is 0 Å². The van der Waals surface area contributed by atoms with E-state index >= 15 is 0 Å². The molecule has 1 aliphatic rings. The third kappa shape index (κ3) is 4.19. The first kappa shape index (κ1) is 17.7. The molecule has 126 valence electrons. The highest BCUT2D eigenvalue weighted by Gasteiger charge is 2.32. The van der Waals surface area contributed by atoms with Crippen LogP contribution in [0, 0.1) is 5.92 Å². The summed E-state index contributed by atoms with van der Waals surface area (Å²) in [6, 6.07) is 3.66. The number of unbranched alkanes of at least 4 members (excludes halogenated alkanes) is 2. The summed E-state index contributed by atoms with van der Waals surface area (Å²) in [6.45, 7) is 12.4. The maximum atomic E-state index is 10.5. The maximum Gasteiger partial charge on any atom is 0.123 e. The summed E-state index contributed by atoms with van der Waals surface area (Å²) in [4.78, 5) is 0. The van der Waals surface area contributed by atoms with Crippen molar-refractivity contribution >= 4 is 0 Å². The van der Waals surface area contributed by atoms with E-state index in [4.69, 9.17) is 0 Å². The zero-order chi connectivity index (χ0) is 17.0. The monoisotopic (exact) mass is 314 g/mol. The van der Waals surface area contributed by atoms with Crippen molar-refractivity contribution in [2.75, 3.05) is 0 Å². The summed E-state index contributed by atoms with van der Waals surface area (Å²) in [5, 5.41) is 21.1. The molecule has 1 saturated carbocycles. The average molecular weight is 314 g/mol. The number of benzene rings is 1. The zero-order valence-corrected chi connectivity index (χ0v) is 14.6. The van der Waals surface area contributed by atoms with Gasteiger partial charge in [0.15, 0.2) is 0 Å². The fourth-order valence-corrected chi connectivity index (χ4v) is 3.79. The highest BCUT2D eigenvalue weighted by atomic mass is 16.3. The molecule has 0 aliphatic heterocycles. The van der Waals surface area contributed by atoms with Gasteiger partial charge in [-0.05, 0) is 62.6 Å². The van der Waals surface area contributed by atoms with E-state index in [9.17, 15) is 10.2 Å². The van der Waals surface area contributed by atoms with Crippen LogP contribution in [0.2, 0.25) is 0 Å². The number of phenolic OH excluding ortho intramolecular Hbond substituents is 2. The second-order valence-corrected chi connectivity index (χ2v) is 7.06. The molecule has 2 heteroatoms. The van der Waals surface area contributed by atoms with Crippen LogP contribution >= 0.6 is 0 Å². The Morgan fingerprint density at radius 3 is 2.43 bits per heavy atom. The predicted octanol–water partition coefficient (Wildman–Crippen LogP) is 5.85. The van der Waals surface area contributed by atoms with E-state index in [-0.39, 0.29) is 17.4 Å². The third-order valence-electron chi connectivity index (χ3n) is 5.07. The first-order chi connectivity index (χ1) is 10.9. The molecule has 23 heavy (non-hydrogen) atoms. The van der Waals surface area contributed by atoms with Gasteiger partial charge in [-0.2, -0.15) is 0 Å². The Labute approximate surface area is 140 Å². The number of hydrogen-bond acceptors (Lipinski definition) is 2. The lowest BCUT2D eigenvalue weighted by Crippen LogP contribution is -2.20. The Balaban J connectivity index is 2.30. The quantitative estimate of drug-likeness (QED) is 0.511. The molecule has 1 fully saturated rings. The van der Waals surface area contributed by atoms with Gasteiger partial charge in [-0.25, -0.2) is 0 Å². The van der Waals surface area contributed by atoms with E-state index in [2.05, 4.69) is 20.1 Å². The summed E-state index contributed by atoms with van der Waals surface area (Å²) in [5.41, 5.74) is 4.00. The molecular weight excluding hydrogens is 284 g/mol. The summed E-state index contributed by atoms with van der Waals surface area (Å²) in [6.07, 6.45) is 7.14. The summed E-state index contributed by atoms with van der Waals surface area (Å²) >= 11 is 0. The van der Waals surface area contributed by atoms with Crippen LogP contribution in [-0.2, 0) is 6.42 Å². The number of allylic oxidation sites excluding steroid dienone is 2. The van der Waals surface area contributed by atoms with Gasteiger partial charge in [0.2, 0.25) is 0 Å². The van der Waals surface area contributed by atoms with Crippen molar-refractivity contribution in [3.63, 3.8) is 0 Å². The normalized spacial score (nSPS) is 21.4. The molecule has 0 unspecified atom stereocenters. The third-order valence-corrected chi connectivity index (χ3v) is 5.07. The number of aryl methyl sites for hydroxylation is 1. The molecule has 0 bridgehead atoms. The van der Waals surface area contributed by atoms with Crippen LogP contribution < -0.4 is 0 Å². The molecule has 2 rings (SSSR count). The van der Waals surface area contributed by atoms with Gasteiger partial charge in [0.25, 0.3) is 0 Å². The lowest BCUT2D eigenvalue weighted by Gasteiger charge is -2.34. The van der Waals surface area contributed by atoms with Gasteiger partial charge in [0, 0.05) is 11.5 Å². The Morgan fingerprint density at radius 2 is 1.87 bits per heavy atom. The number of hydrogen-bond donors (Lipinski definition) is 2. The molecule has 2 nitrogen and oxygen atoms in total. The van der Waals surface area contributed by atoms with Crippen LogP contribution in [0.25, 0.3) is 0 Å². The summed E-state index contributed by atoms with van der Waals surface area (Å²) in [7, 11) is 0. The van der Waals surface area contributed by atoms with Gasteiger partial charge < -0.3 is 10.2 Å². The molecule has 0 aromatic heterocycles. The van der Waals surface area contributed by atoms with Crippen molar-refractivity contribution in [3.05, 3.63) is 47.6 Å². The molecule has 2 atom stereocenters. The first-order valence-electron chi connectivity index (χ1n) is 8.80. The van der Waals surface area contributed by atoms with Crippen molar-refractivity contribution in [1.82, 2.24) is 0 Å². The highest BCUT2D eigenvalue weighted by molar-refractivity contribution is 5.50. The smallest absolute Gasteiger partial charge is 0.123 e. The Hall–Kier alpha value is -1.70. The van der Waals surface area contributed by atoms with Crippen molar-refractivity contribution in [1.29, 1.82) is 0 Å². The topological polar surface area (TPSA) is 40.5 Å². The highest BCUT2D eigenvalue weighted by Crippen LogP contribution is 2.48. The molecule has 0 heterocycles. The summed E-state index contributed by atoms with van der Waals surface area (Å²) in [5.74, 6) is 0.826. The fraction of sp³-hybridized carbons (Fsp3) is 0.524. The van der Waals surface area contributed by atoms with Crippen LogP contribution in [0.5, 0.6) is 11.5 Å². The lowest BCUT2D eigenvalue weighted by atomic mass is 9.70. The number of aromatic hydroxyl groups is 2. The van der Waals surface area contributed by atoms with Crippen LogP contribution in [0.3, 0.4) is 0 Å². The van der Waals surface area contributed by atoms with E-state index in [0.717, 1.165) is 43.2 Å². The molecule has 0 spiro atoms. The molecule has 0 saturated heterocycles. The second kappa shape index (κ2) is 7.72. The van der Waals surface area contributed by atoms with E-state index in [1.807, 2.05) is 19.1 Å². The van der Waals surface area contributed by atoms with Crippen molar-refractivity contribution < 1.29 is 10.2 Å². The van der Waals surface area contributed by atoms with Gasteiger partial charge in [-0.1, -0.05) is 44.1 Å². The number of phenols is 2. The molecule has 0 radical (unpaired) electrons. The standard InChI is InChI=1S/C21H30O2/c1-5-6-7-8-16-12-19(22)21(20(23)13-16)18-11-15(4)9-10-17(18)14(2)3/h12-13,17-18,22-23H,2,4-11H2,1,3H3/t17-,18+/m0/s1. The Bertz CT molecular complexity index is 562. The minimum atomic E-state index is 0.0819. The molecule has 0 amide bonds. The maximum absolute atomic E-state index is 10.5. The van der Waals surface area contributed by atoms with Gasteiger partial charge in [0.05, 0.1) is 0 Å². The predicted molar refractivity (Wildman–Crippen MR) is 97.0 cm³/mol.